The van der Waals surface area contributed by atoms with Gasteiger partial charge in [0.15, 0.2) is 0 Å². The highest BCUT2D eigenvalue weighted by Crippen LogP contribution is 2.44. The Morgan fingerprint density at radius 2 is 1.94 bits per heavy atom. The monoisotopic (exact) mass is 464 g/mol. The second-order valence-electron chi connectivity index (χ2n) is 8.57. The maximum atomic E-state index is 13.2. The zero-order chi connectivity index (χ0) is 24.2. The Morgan fingerprint density at radius 3 is 2.59 bits per heavy atom. The van der Waals surface area contributed by atoms with Gasteiger partial charge in [0.1, 0.15) is 17.4 Å². The molecule has 1 aliphatic carbocycles. The molecule has 11 heteroatoms. The fraction of sp³-hybridized carbons (Fsp3) is 0.478. The molecule has 3 aliphatic rings. The van der Waals surface area contributed by atoms with Crippen molar-refractivity contribution < 1.29 is 23.9 Å². The number of esters is 2. The van der Waals surface area contributed by atoms with E-state index in [1.165, 1.54) is 6.20 Å². The molecule has 1 spiro atoms. The molecule has 1 saturated carbocycles. The zero-order valence-corrected chi connectivity index (χ0v) is 18.5. The van der Waals surface area contributed by atoms with Crippen molar-refractivity contribution in [2.45, 2.75) is 49.5 Å². The number of nitrogens with zero attached hydrogens (tertiary/aromatic N) is 4. The quantitative estimate of drug-likeness (QED) is 0.575. The van der Waals surface area contributed by atoms with Gasteiger partial charge in [-0.1, -0.05) is 0 Å². The molecule has 1 aromatic heterocycles. The smallest absolute Gasteiger partial charge is 0.334 e. The van der Waals surface area contributed by atoms with Crippen molar-refractivity contribution in [1.82, 2.24) is 15.2 Å². The molecule has 1 saturated heterocycles. The molecule has 1 unspecified atom stereocenters. The van der Waals surface area contributed by atoms with Crippen molar-refractivity contribution in [3.05, 3.63) is 36.0 Å². The van der Waals surface area contributed by atoms with Crippen LogP contribution in [-0.2, 0) is 23.9 Å². The van der Waals surface area contributed by atoms with Crippen LogP contribution in [-0.4, -0.2) is 64.7 Å². The molecule has 11 nitrogen and oxygen atoms in total. The highest BCUT2D eigenvalue weighted by molar-refractivity contribution is 5.93. The predicted molar refractivity (Wildman–Crippen MR) is 116 cm³/mol. The highest BCUT2D eigenvalue weighted by Gasteiger charge is 2.62. The third-order valence-electron chi connectivity index (χ3n) is 6.43. The van der Waals surface area contributed by atoms with E-state index in [4.69, 9.17) is 14.7 Å². The number of likely N-dealkylation sites (tertiary alicyclic amines) is 1. The average molecular weight is 464 g/mol. The maximum absolute atomic E-state index is 13.2. The Balaban J connectivity index is 1.60. The summed E-state index contributed by atoms with van der Waals surface area (Å²) in [4.78, 5) is 43.8. The number of carbonyl (C=O) groups excluding carboxylic acids is 3. The summed E-state index contributed by atoms with van der Waals surface area (Å²) in [6.07, 6.45) is 6.03. The first-order valence-corrected chi connectivity index (χ1v) is 11.1. The molecular weight excluding hydrogens is 440 g/mol. The Morgan fingerprint density at radius 1 is 1.18 bits per heavy atom. The summed E-state index contributed by atoms with van der Waals surface area (Å²) < 4.78 is 11.3. The van der Waals surface area contributed by atoms with E-state index in [0.29, 0.717) is 37.2 Å². The topological polar surface area (TPSA) is 157 Å². The number of rotatable bonds is 6. The largest absolute Gasteiger partial charge is 0.417 e. The van der Waals surface area contributed by atoms with E-state index in [2.05, 4.69) is 21.7 Å². The second-order valence-corrected chi connectivity index (χ2v) is 8.57. The van der Waals surface area contributed by atoms with Crippen molar-refractivity contribution >= 4 is 23.7 Å². The fourth-order valence-corrected chi connectivity index (χ4v) is 4.78. The summed E-state index contributed by atoms with van der Waals surface area (Å²) in [6.45, 7) is 0.663. The summed E-state index contributed by atoms with van der Waals surface area (Å²) in [7, 11) is 0. The number of aromatic nitrogens is 1. The number of ether oxygens (including phenoxy) is 2. The van der Waals surface area contributed by atoms with Gasteiger partial charge in [-0.3, -0.25) is 9.69 Å². The van der Waals surface area contributed by atoms with Crippen LogP contribution in [0.15, 0.2) is 30.5 Å². The van der Waals surface area contributed by atoms with Crippen LogP contribution >= 0.6 is 0 Å². The van der Waals surface area contributed by atoms with E-state index in [1.54, 1.807) is 17.0 Å². The molecule has 1 amide bonds. The van der Waals surface area contributed by atoms with E-state index >= 15 is 0 Å². The van der Waals surface area contributed by atoms with Gasteiger partial charge in [0.05, 0.1) is 24.2 Å². The molecule has 176 valence electrons. The minimum absolute atomic E-state index is 0.00862. The maximum Gasteiger partial charge on any atom is 0.334 e. The first-order chi connectivity index (χ1) is 16.4. The van der Waals surface area contributed by atoms with Crippen molar-refractivity contribution in [3.8, 4) is 12.1 Å². The minimum atomic E-state index is -1.71. The van der Waals surface area contributed by atoms with Crippen molar-refractivity contribution in [1.29, 1.82) is 10.5 Å². The first-order valence-electron chi connectivity index (χ1n) is 11.1. The molecule has 0 radical (unpaired) electrons. The van der Waals surface area contributed by atoms with Gasteiger partial charge in [0, 0.05) is 37.9 Å². The van der Waals surface area contributed by atoms with Gasteiger partial charge in [-0.2, -0.15) is 10.5 Å². The molecule has 2 atom stereocenters. The van der Waals surface area contributed by atoms with E-state index in [9.17, 15) is 19.6 Å². The summed E-state index contributed by atoms with van der Waals surface area (Å²) in [5.74, 6) is -3.14. The van der Waals surface area contributed by atoms with E-state index in [-0.39, 0.29) is 31.5 Å². The van der Waals surface area contributed by atoms with Gasteiger partial charge in [0.2, 0.25) is 5.91 Å². The number of anilines is 1. The van der Waals surface area contributed by atoms with Gasteiger partial charge in [-0.15, -0.1) is 0 Å². The summed E-state index contributed by atoms with van der Waals surface area (Å²) in [6, 6.07) is 7.08. The predicted octanol–water partition coefficient (Wildman–Crippen LogP) is 0.745. The van der Waals surface area contributed by atoms with Gasteiger partial charge < -0.3 is 20.1 Å². The summed E-state index contributed by atoms with van der Waals surface area (Å²) in [5.41, 5.74) is -0.889. The van der Waals surface area contributed by atoms with Gasteiger partial charge in [-0.25, -0.2) is 14.6 Å². The first kappa shape index (κ1) is 23.2. The highest BCUT2D eigenvalue weighted by atomic mass is 16.7. The molecule has 2 aliphatic heterocycles. The molecule has 1 aromatic rings. The number of hydrogen-bond acceptors (Lipinski definition) is 10. The van der Waals surface area contributed by atoms with Crippen LogP contribution in [0.4, 0.5) is 5.82 Å². The lowest BCUT2D eigenvalue weighted by Gasteiger charge is -2.43. The number of hydrogen-bond donors (Lipinski definition) is 2. The molecule has 0 bridgehead atoms. The third kappa shape index (κ3) is 4.56. The number of nitriles is 2. The Labute approximate surface area is 196 Å². The molecule has 34 heavy (non-hydrogen) atoms. The van der Waals surface area contributed by atoms with Crippen LogP contribution in [0.25, 0.3) is 0 Å². The number of nitrogens with one attached hydrogen (secondary N) is 2. The van der Waals surface area contributed by atoms with Gasteiger partial charge in [-0.05, 0) is 37.8 Å². The van der Waals surface area contributed by atoms with E-state index in [1.807, 2.05) is 6.07 Å². The van der Waals surface area contributed by atoms with Crippen LogP contribution in [0.1, 0.15) is 37.7 Å². The number of carbonyl (C=O) groups is 3. The van der Waals surface area contributed by atoms with Crippen LogP contribution < -0.4 is 10.6 Å². The van der Waals surface area contributed by atoms with Crippen LogP contribution in [0.5, 0.6) is 0 Å². The van der Waals surface area contributed by atoms with E-state index < -0.39 is 23.3 Å². The zero-order valence-electron chi connectivity index (χ0n) is 18.5. The summed E-state index contributed by atoms with van der Waals surface area (Å²) >= 11 is 0. The normalized spacial score (nSPS) is 25.6. The Kier molecular flexibility index (Phi) is 6.48. The Hall–Kier alpha value is -3.96. The lowest BCUT2D eigenvalue weighted by atomic mass is 9.90. The lowest BCUT2D eigenvalue weighted by Crippen LogP contribution is -2.68. The van der Waals surface area contributed by atoms with Gasteiger partial charge in [0.25, 0.3) is 5.79 Å². The minimum Gasteiger partial charge on any atom is -0.417 e. The van der Waals surface area contributed by atoms with Crippen LogP contribution in [0.2, 0.25) is 0 Å². The third-order valence-corrected chi connectivity index (χ3v) is 6.43. The van der Waals surface area contributed by atoms with Crippen LogP contribution in [0, 0.1) is 22.7 Å². The second kappa shape index (κ2) is 9.49. The molecular formula is C23H24N6O5. The van der Waals surface area contributed by atoms with E-state index in [0.717, 1.165) is 18.6 Å². The summed E-state index contributed by atoms with van der Waals surface area (Å²) in [5, 5.41) is 24.4. The molecule has 4 rings (SSSR count). The molecule has 0 aromatic carbocycles. The van der Waals surface area contributed by atoms with Crippen molar-refractivity contribution in [3.63, 3.8) is 0 Å². The Bertz CT molecular complexity index is 1070. The number of amides is 1. The molecule has 2 fully saturated rings. The standard InChI is InChI=1S/C23H24N6O5/c24-11-16-4-5-18(26-13-16)27-15-22(28-19(30)14-29-10-1-3-17(29)12-25)8-2-9-23(22)33-20(31)6-7-21(32)34-23/h4-7,13,17H,1-3,8-10,14-15H2,(H,26,27)(H,28,30)/t17-,22?/m0/s1. The lowest BCUT2D eigenvalue weighted by molar-refractivity contribution is -0.240. The molecule has 2 N–H and O–H groups in total. The SMILES string of the molecule is N#Cc1ccc(NCC2(NC(=O)CN3CCC[C@H]3C#N)CCCC23OC(=O)C=CC(=O)O3)nc1. The van der Waals surface area contributed by atoms with Crippen molar-refractivity contribution in [2.75, 3.05) is 25.0 Å². The van der Waals surface area contributed by atoms with Crippen LogP contribution in [0.3, 0.4) is 0 Å². The fourth-order valence-electron chi connectivity index (χ4n) is 4.78. The molecule has 3 heterocycles. The van der Waals surface area contributed by atoms with Crippen molar-refractivity contribution in [2.24, 2.45) is 0 Å². The van der Waals surface area contributed by atoms with Gasteiger partial charge >= 0.3 is 11.9 Å². The number of pyridine rings is 1. The average Bonchev–Trinajstić information content (AvgIpc) is 3.36.